The Labute approximate surface area is 102 Å². The van der Waals surface area contributed by atoms with Crippen molar-refractivity contribution in [1.29, 1.82) is 0 Å². The van der Waals surface area contributed by atoms with Gasteiger partial charge in [0.1, 0.15) is 0 Å². The molecule has 1 heterocycles. The molecule has 0 radical (unpaired) electrons. The summed E-state index contributed by atoms with van der Waals surface area (Å²) < 4.78 is 0. The van der Waals surface area contributed by atoms with E-state index in [-0.39, 0.29) is 11.9 Å². The molecule has 1 aromatic carbocycles. The molecule has 1 amide bonds. The van der Waals surface area contributed by atoms with E-state index in [0.29, 0.717) is 6.04 Å². The van der Waals surface area contributed by atoms with Crippen LogP contribution in [0.15, 0.2) is 24.3 Å². The van der Waals surface area contributed by atoms with Gasteiger partial charge in [0.15, 0.2) is 0 Å². The lowest BCUT2D eigenvalue weighted by molar-refractivity contribution is -0.134. The highest BCUT2D eigenvalue weighted by molar-refractivity contribution is 5.83. The van der Waals surface area contributed by atoms with Crippen LogP contribution in [0.4, 0.5) is 0 Å². The molecule has 1 aliphatic heterocycles. The second kappa shape index (κ2) is 4.15. The summed E-state index contributed by atoms with van der Waals surface area (Å²) in [4.78, 5) is 14.5. The first-order chi connectivity index (χ1) is 8.29. The van der Waals surface area contributed by atoms with Crippen molar-refractivity contribution < 1.29 is 4.79 Å². The summed E-state index contributed by atoms with van der Waals surface area (Å²) in [5.74, 6) is 0.270. The van der Waals surface area contributed by atoms with E-state index in [0.717, 1.165) is 13.0 Å². The molecule has 0 spiro atoms. The highest BCUT2D eigenvalue weighted by Gasteiger charge is 2.37. The molecule has 1 atom stereocenters. The Bertz CT molecular complexity index is 440. The fourth-order valence-electron chi connectivity index (χ4n) is 2.60. The number of benzene rings is 1. The molecule has 1 aromatic rings. The molecule has 3 nitrogen and oxygen atoms in total. The van der Waals surface area contributed by atoms with Gasteiger partial charge in [-0.15, -0.1) is 0 Å². The molecule has 0 saturated heterocycles. The largest absolute Gasteiger partial charge is 0.334 e. The second-order valence-corrected chi connectivity index (χ2v) is 5.01. The number of amides is 1. The Hall–Kier alpha value is -1.35. The lowest BCUT2D eigenvalue weighted by atomic mass is 10.0. The van der Waals surface area contributed by atoms with Gasteiger partial charge in [0.25, 0.3) is 0 Å². The lowest BCUT2D eigenvalue weighted by Crippen LogP contribution is -2.45. The number of hydrogen-bond acceptors (Lipinski definition) is 2. The first-order valence-corrected chi connectivity index (χ1v) is 6.34. The van der Waals surface area contributed by atoms with E-state index in [2.05, 4.69) is 34.5 Å². The van der Waals surface area contributed by atoms with Crippen LogP contribution >= 0.6 is 0 Å². The third kappa shape index (κ3) is 1.95. The number of nitrogens with one attached hydrogen (secondary N) is 1. The van der Waals surface area contributed by atoms with E-state index in [1.54, 1.807) is 0 Å². The summed E-state index contributed by atoms with van der Waals surface area (Å²) >= 11 is 0. The Morgan fingerprint density at radius 1 is 1.24 bits per heavy atom. The van der Waals surface area contributed by atoms with E-state index >= 15 is 0 Å². The van der Waals surface area contributed by atoms with Gasteiger partial charge < -0.3 is 10.2 Å². The lowest BCUT2D eigenvalue weighted by Gasteiger charge is -2.24. The smallest absolute Gasteiger partial charge is 0.240 e. The average Bonchev–Trinajstić information content (AvgIpc) is 3.17. The van der Waals surface area contributed by atoms with Gasteiger partial charge in [0.2, 0.25) is 5.91 Å². The molecule has 2 aliphatic rings. The maximum atomic E-state index is 12.4. The van der Waals surface area contributed by atoms with Crippen LogP contribution in [0.1, 0.15) is 24.0 Å². The zero-order valence-corrected chi connectivity index (χ0v) is 10.1. The van der Waals surface area contributed by atoms with Gasteiger partial charge in [-0.05, 0) is 37.4 Å². The van der Waals surface area contributed by atoms with Crippen LogP contribution in [0.5, 0.6) is 0 Å². The molecule has 1 fully saturated rings. The first-order valence-electron chi connectivity index (χ1n) is 6.34. The maximum Gasteiger partial charge on any atom is 0.240 e. The molecule has 3 heteroatoms. The number of hydrogen-bond donors (Lipinski definition) is 1. The van der Waals surface area contributed by atoms with Crippen LogP contribution in [0.2, 0.25) is 0 Å². The van der Waals surface area contributed by atoms with Crippen LogP contribution in [-0.4, -0.2) is 29.9 Å². The van der Waals surface area contributed by atoms with Crippen molar-refractivity contribution in [2.75, 3.05) is 7.05 Å². The van der Waals surface area contributed by atoms with Crippen LogP contribution in [0.25, 0.3) is 0 Å². The molecule has 1 saturated carbocycles. The van der Waals surface area contributed by atoms with Crippen LogP contribution in [0, 0.1) is 0 Å². The van der Waals surface area contributed by atoms with Crippen molar-refractivity contribution in [3.8, 4) is 0 Å². The van der Waals surface area contributed by atoms with Gasteiger partial charge in [-0.25, -0.2) is 0 Å². The third-order valence-corrected chi connectivity index (χ3v) is 3.80. The normalized spacial score (nSPS) is 24.4. The zero-order chi connectivity index (χ0) is 11.8. The Morgan fingerprint density at radius 3 is 2.59 bits per heavy atom. The summed E-state index contributed by atoms with van der Waals surface area (Å²) in [6.45, 7) is 0.790. The standard InChI is InChI=1S/C14H18N2O/c1-15-13-8-10-4-2-3-5-11(10)9-16(14(13)17)12-6-7-12/h2-5,12-13,15H,6-9H2,1H3. The van der Waals surface area contributed by atoms with E-state index in [4.69, 9.17) is 0 Å². The first kappa shape index (κ1) is 10.8. The van der Waals surface area contributed by atoms with Gasteiger partial charge in [-0.2, -0.15) is 0 Å². The molecular weight excluding hydrogens is 212 g/mol. The number of likely N-dealkylation sites (N-methyl/N-ethyl adjacent to an activating group) is 1. The molecule has 17 heavy (non-hydrogen) atoms. The number of carbonyl (C=O) groups is 1. The van der Waals surface area contributed by atoms with Crippen molar-refractivity contribution in [3.05, 3.63) is 35.4 Å². The van der Waals surface area contributed by atoms with E-state index in [9.17, 15) is 4.79 Å². The fraction of sp³-hybridized carbons (Fsp3) is 0.500. The van der Waals surface area contributed by atoms with Crippen LogP contribution in [0.3, 0.4) is 0 Å². The number of rotatable bonds is 2. The molecule has 90 valence electrons. The minimum Gasteiger partial charge on any atom is -0.334 e. The average molecular weight is 230 g/mol. The predicted molar refractivity (Wildman–Crippen MR) is 66.6 cm³/mol. The van der Waals surface area contributed by atoms with Crippen molar-refractivity contribution in [1.82, 2.24) is 10.2 Å². The predicted octanol–water partition coefficient (Wildman–Crippen LogP) is 1.32. The van der Waals surface area contributed by atoms with Gasteiger partial charge in [-0.3, -0.25) is 4.79 Å². The third-order valence-electron chi connectivity index (χ3n) is 3.80. The van der Waals surface area contributed by atoms with Gasteiger partial charge in [0, 0.05) is 12.6 Å². The molecule has 1 N–H and O–H groups in total. The SMILES string of the molecule is CNC1Cc2ccccc2CN(C2CC2)C1=O. The van der Waals surface area contributed by atoms with Crippen molar-refractivity contribution in [2.24, 2.45) is 0 Å². The Balaban J connectivity index is 1.96. The topological polar surface area (TPSA) is 32.3 Å². The highest BCUT2D eigenvalue weighted by atomic mass is 16.2. The zero-order valence-electron chi connectivity index (χ0n) is 10.1. The van der Waals surface area contributed by atoms with Gasteiger partial charge in [-0.1, -0.05) is 24.3 Å². The summed E-state index contributed by atoms with van der Waals surface area (Å²) in [6.07, 6.45) is 3.16. The molecule has 1 unspecified atom stereocenters. The Kier molecular flexibility index (Phi) is 2.63. The summed E-state index contributed by atoms with van der Waals surface area (Å²) in [7, 11) is 1.88. The number of nitrogens with zero attached hydrogens (tertiary/aromatic N) is 1. The van der Waals surface area contributed by atoms with Crippen LogP contribution < -0.4 is 5.32 Å². The van der Waals surface area contributed by atoms with Crippen molar-refractivity contribution in [3.63, 3.8) is 0 Å². The van der Waals surface area contributed by atoms with Gasteiger partial charge in [0.05, 0.1) is 6.04 Å². The maximum absolute atomic E-state index is 12.4. The summed E-state index contributed by atoms with van der Waals surface area (Å²) in [5.41, 5.74) is 2.62. The summed E-state index contributed by atoms with van der Waals surface area (Å²) in [6, 6.07) is 8.85. The second-order valence-electron chi connectivity index (χ2n) is 5.01. The van der Waals surface area contributed by atoms with Crippen LogP contribution in [-0.2, 0) is 17.8 Å². The summed E-state index contributed by atoms with van der Waals surface area (Å²) in [5, 5.41) is 3.16. The fourth-order valence-corrected chi connectivity index (χ4v) is 2.60. The molecule has 0 aromatic heterocycles. The highest BCUT2D eigenvalue weighted by Crippen LogP contribution is 2.31. The van der Waals surface area contributed by atoms with Crippen molar-refractivity contribution >= 4 is 5.91 Å². The van der Waals surface area contributed by atoms with Crippen molar-refractivity contribution in [2.45, 2.75) is 37.9 Å². The van der Waals surface area contributed by atoms with E-state index in [1.165, 1.54) is 24.0 Å². The monoisotopic (exact) mass is 230 g/mol. The molecule has 3 rings (SSSR count). The molecule has 1 aliphatic carbocycles. The quantitative estimate of drug-likeness (QED) is 0.831. The molecular formula is C14H18N2O. The minimum absolute atomic E-state index is 0.0563. The Morgan fingerprint density at radius 2 is 1.94 bits per heavy atom. The minimum atomic E-state index is -0.0563. The van der Waals surface area contributed by atoms with E-state index < -0.39 is 0 Å². The van der Waals surface area contributed by atoms with E-state index in [1.807, 2.05) is 7.05 Å². The number of fused-ring (bicyclic) bond motifs is 1. The molecule has 0 bridgehead atoms. The number of carbonyl (C=O) groups excluding carboxylic acids is 1. The van der Waals surface area contributed by atoms with Gasteiger partial charge >= 0.3 is 0 Å².